The summed E-state index contributed by atoms with van der Waals surface area (Å²) >= 11 is 0. The van der Waals surface area contributed by atoms with E-state index in [1.165, 1.54) is 13.2 Å². The van der Waals surface area contributed by atoms with Gasteiger partial charge in [0.05, 0.1) is 25.2 Å². The van der Waals surface area contributed by atoms with Crippen molar-refractivity contribution in [1.29, 1.82) is 0 Å². The van der Waals surface area contributed by atoms with Crippen LogP contribution in [0.25, 0.3) is 16.3 Å². The molecule has 0 unspecified atom stereocenters. The highest BCUT2D eigenvalue weighted by Gasteiger charge is 2.62. The van der Waals surface area contributed by atoms with Crippen LogP contribution in [-0.4, -0.2) is 58.2 Å². The Labute approximate surface area is 266 Å². The second-order valence-electron chi connectivity index (χ2n) is 13.9. The number of hydrogen-bond donors (Lipinski definition) is 0. The van der Waals surface area contributed by atoms with Crippen LogP contribution in [0.2, 0.25) is 18.1 Å². The summed E-state index contributed by atoms with van der Waals surface area (Å²) in [5.74, 6) is -0.0515. The predicted molar refractivity (Wildman–Crippen MR) is 177 cm³/mol. The van der Waals surface area contributed by atoms with Gasteiger partial charge in [-0.3, -0.25) is 9.59 Å². The van der Waals surface area contributed by atoms with E-state index < -0.39 is 31.9 Å². The standard InChI is InChI=1S/C36H44O8Si/c1-34(2,3)45(9,10)43-32-24(19-26(38)33-36(32,6)44-35(4,5)42-33)28-25(20-37)31(40-8)29-23(30(28)39-7)17-14-18-27(29)41-21-22-15-12-11-13-16-22/h11-20,32-33H,21H2,1-10H3/t32-,33-,36+/m1/s1. The number of hydrogen-bond acceptors (Lipinski definition) is 8. The van der Waals surface area contributed by atoms with E-state index in [1.54, 1.807) is 21.0 Å². The van der Waals surface area contributed by atoms with Crippen LogP contribution in [0.15, 0.2) is 54.6 Å². The normalized spacial score (nSPS) is 23.0. The molecule has 3 aromatic rings. The molecule has 240 valence electrons. The van der Waals surface area contributed by atoms with Crippen LogP contribution in [0.4, 0.5) is 0 Å². The Morgan fingerprint density at radius 3 is 2.22 bits per heavy atom. The number of ketones is 1. The van der Waals surface area contributed by atoms with Crippen molar-refractivity contribution >= 4 is 36.7 Å². The molecule has 0 bridgehead atoms. The maximum atomic E-state index is 13.8. The molecule has 0 radical (unpaired) electrons. The number of benzene rings is 3. The van der Waals surface area contributed by atoms with Crippen LogP contribution in [-0.2, 0) is 25.3 Å². The van der Waals surface area contributed by atoms with Gasteiger partial charge in [0.15, 0.2) is 32.3 Å². The number of carbonyl (C=O) groups is 2. The first-order chi connectivity index (χ1) is 21.1. The van der Waals surface area contributed by atoms with Gasteiger partial charge in [-0.2, -0.15) is 0 Å². The van der Waals surface area contributed by atoms with Gasteiger partial charge >= 0.3 is 0 Å². The maximum absolute atomic E-state index is 13.8. The minimum Gasteiger partial charge on any atom is -0.495 e. The second kappa shape index (κ2) is 11.7. The third-order valence-corrected chi connectivity index (χ3v) is 13.7. The smallest absolute Gasteiger partial charge is 0.193 e. The predicted octanol–water partition coefficient (Wildman–Crippen LogP) is 7.52. The zero-order valence-corrected chi connectivity index (χ0v) is 28.9. The summed E-state index contributed by atoms with van der Waals surface area (Å²) in [7, 11) is 0.575. The number of fused-ring (bicyclic) bond motifs is 2. The lowest BCUT2D eigenvalue weighted by Crippen LogP contribution is -2.59. The zero-order valence-electron chi connectivity index (χ0n) is 27.9. The molecular weight excluding hydrogens is 588 g/mol. The Morgan fingerprint density at radius 2 is 1.62 bits per heavy atom. The van der Waals surface area contributed by atoms with Crippen LogP contribution in [0, 0.1) is 0 Å². The van der Waals surface area contributed by atoms with Crippen molar-refractivity contribution in [1.82, 2.24) is 0 Å². The van der Waals surface area contributed by atoms with Crippen LogP contribution in [0.5, 0.6) is 17.2 Å². The highest BCUT2D eigenvalue weighted by Crippen LogP contribution is 2.54. The minimum absolute atomic E-state index is 0.163. The molecule has 1 aliphatic heterocycles. The summed E-state index contributed by atoms with van der Waals surface area (Å²) in [5, 5.41) is 1.09. The summed E-state index contributed by atoms with van der Waals surface area (Å²) in [6.45, 7) is 16.5. The molecule has 1 fully saturated rings. The monoisotopic (exact) mass is 632 g/mol. The molecule has 0 N–H and O–H groups in total. The summed E-state index contributed by atoms with van der Waals surface area (Å²) in [6, 6.07) is 15.4. The average Bonchev–Trinajstić information content (AvgIpc) is 3.25. The van der Waals surface area contributed by atoms with E-state index >= 15 is 0 Å². The quantitative estimate of drug-likeness (QED) is 0.177. The highest BCUT2D eigenvalue weighted by molar-refractivity contribution is 6.74. The van der Waals surface area contributed by atoms with E-state index in [2.05, 4.69) is 33.9 Å². The van der Waals surface area contributed by atoms with Gasteiger partial charge in [0.25, 0.3) is 0 Å². The zero-order chi connectivity index (χ0) is 32.9. The molecule has 1 saturated heterocycles. The largest absolute Gasteiger partial charge is 0.495 e. The summed E-state index contributed by atoms with van der Waals surface area (Å²) in [4.78, 5) is 27.0. The fourth-order valence-electron chi connectivity index (χ4n) is 6.15. The number of methoxy groups -OCH3 is 2. The third-order valence-electron chi connectivity index (χ3n) is 9.26. The molecule has 0 saturated carbocycles. The number of rotatable bonds is 9. The Balaban J connectivity index is 1.77. The lowest BCUT2D eigenvalue weighted by molar-refractivity contribution is -0.171. The van der Waals surface area contributed by atoms with Gasteiger partial charge in [0, 0.05) is 10.9 Å². The number of carbonyl (C=O) groups excluding carboxylic acids is 2. The fourth-order valence-corrected chi connectivity index (χ4v) is 7.45. The topological polar surface area (TPSA) is 89.5 Å². The Bertz CT molecular complexity index is 1650. The molecule has 0 spiro atoms. The van der Waals surface area contributed by atoms with E-state index in [4.69, 9.17) is 28.1 Å². The molecule has 0 aromatic heterocycles. The van der Waals surface area contributed by atoms with E-state index in [0.717, 1.165) is 11.8 Å². The summed E-state index contributed by atoms with van der Waals surface area (Å²) < 4.78 is 38.2. The van der Waals surface area contributed by atoms with Gasteiger partial charge in [0.1, 0.15) is 35.6 Å². The fraction of sp³-hybridized carbons (Fsp3) is 0.444. The molecule has 1 heterocycles. The average molecular weight is 633 g/mol. The van der Waals surface area contributed by atoms with Crippen molar-refractivity contribution in [2.24, 2.45) is 0 Å². The Hall–Kier alpha value is -3.50. The first-order valence-corrected chi connectivity index (χ1v) is 18.1. The molecule has 2 aliphatic rings. The van der Waals surface area contributed by atoms with Crippen molar-refractivity contribution in [3.05, 3.63) is 71.3 Å². The minimum atomic E-state index is -2.49. The Morgan fingerprint density at radius 1 is 0.956 bits per heavy atom. The SMILES string of the molecule is COc1c(C2=CC(=O)[C@H]3OC(C)(C)O[C@@]3(C)[C@@H]2O[Si](C)(C)C(C)(C)C)c(C=O)c(OC)c2c(OCc3ccccc3)cccc12. The van der Waals surface area contributed by atoms with Crippen molar-refractivity contribution in [2.75, 3.05) is 14.2 Å². The van der Waals surface area contributed by atoms with Crippen LogP contribution in [0.1, 0.15) is 63.0 Å². The number of aldehydes is 1. The van der Waals surface area contributed by atoms with Crippen LogP contribution >= 0.6 is 0 Å². The molecule has 9 heteroatoms. The molecule has 1 aliphatic carbocycles. The van der Waals surface area contributed by atoms with Gasteiger partial charge in [0.2, 0.25) is 0 Å². The molecule has 5 rings (SSSR count). The van der Waals surface area contributed by atoms with Crippen LogP contribution < -0.4 is 14.2 Å². The highest BCUT2D eigenvalue weighted by atomic mass is 28.4. The molecule has 3 atom stereocenters. The summed E-state index contributed by atoms with van der Waals surface area (Å²) in [5.41, 5.74) is 0.935. The van der Waals surface area contributed by atoms with E-state index in [-0.39, 0.29) is 16.4 Å². The first kappa shape index (κ1) is 32.9. The first-order valence-electron chi connectivity index (χ1n) is 15.2. The van der Waals surface area contributed by atoms with Crippen molar-refractivity contribution in [3.63, 3.8) is 0 Å². The second-order valence-corrected chi connectivity index (χ2v) is 18.6. The lowest BCUT2D eigenvalue weighted by atomic mass is 9.76. The van der Waals surface area contributed by atoms with E-state index in [1.807, 2.05) is 55.5 Å². The molecular formula is C36H44O8Si. The van der Waals surface area contributed by atoms with Gasteiger partial charge in [-0.05, 0) is 62.2 Å². The van der Waals surface area contributed by atoms with E-state index in [9.17, 15) is 9.59 Å². The third kappa shape index (κ3) is 5.71. The molecule has 3 aromatic carbocycles. The lowest BCUT2D eigenvalue weighted by Gasteiger charge is -2.47. The van der Waals surface area contributed by atoms with Crippen LogP contribution in [0.3, 0.4) is 0 Å². The molecule has 45 heavy (non-hydrogen) atoms. The molecule has 0 amide bonds. The van der Waals surface area contributed by atoms with E-state index in [0.29, 0.717) is 45.8 Å². The van der Waals surface area contributed by atoms with Crippen molar-refractivity contribution in [2.45, 2.75) is 89.9 Å². The number of ether oxygens (including phenoxy) is 5. The summed E-state index contributed by atoms with van der Waals surface area (Å²) in [6.07, 6.45) is 0.608. The van der Waals surface area contributed by atoms with Crippen molar-refractivity contribution in [3.8, 4) is 17.2 Å². The Kier molecular flexibility index (Phi) is 8.54. The van der Waals surface area contributed by atoms with Gasteiger partial charge in [-0.15, -0.1) is 0 Å². The maximum Gasteiger partial charge on any atom is 0.193 e. The van der Waals surface area contributed by atoms with Crippen molar-refractivity contribution < 1.29 is 37.7 Å². The van der Waals surface area contributed by atoms with Gasteiger partial charge in [-0.25, -0.2) is 0 Å². The van der Waals surface area contributed by atoms with Gasteiger partial charge in [-0.1, -0.05) is 63.2 Å². The molecule has 8 nitrogen and oxygen atoms in total. The van der Waals surface area contributed by atoms with Gasteiger partial charge < -0.3 is 28.1 Å².